The molecule has 2 aliphatic heterocycles. The maximum absolute atomic E-state index is 12.7. The number of benzene rings is 1. The zero-order chi connectivity index (χ0) is 18.5. The van der Waals surface area contributed by atoms with Crippen LogP contribution in [0.1, 0.15) is 12.0 Å². The monoisotopic (exact) mass is 379 g/mol. The van der Waals surface area contributed by atoms with E-state index in [2.05, 4.69) is 16.8 Å². The van der Waals surface area contributed by atoms with E-state index in [1.54, 1.807) is 0 Å². The minimum absolute atomic E-state index is 0.129. The molecule has 1 N–H and O–H groups in total. The summed E-state index contributed by atoms with van der Waals surface area (Å²) in [7, 11) is 2.17. The highest BCUT2D eigenvalue weighted by Crippen LogP contribution is 2.25. The minimum Gasteiger partial charge on any atom is -0.396 e. The van der Waals surface area contributed by atoms with Crippen molar-refractivity contribution in [3.63, 3.8) is 0 Å². The molecule has 0 radical (unpaired) electrons. The Bertz CT molecular complexity index is 612. The van der Waals surface area contributed by atoms with Crippen molar-refractivity contribution in [2.45, 2.75) is 12.8 Å². The SMILES string of the molecule is CN1CCCN(C[C@@H]2CN(C(=O)Cc3cccc(Cl)c3)C[C@@H]2CO)CC1. The molecule has 3 rings (SSSR count). The van der Waals surface area contributed by atoms with Crippen LogP contribution in [0.2, 0.25) is 5.02 Å². The highest BCUT2D eigenvalue weighted by Gasteiger charge is 2.35. The summed E-state index contributed by atoms with van der Waals surface area (Å²) >= 11 is 6.02. The quantitative estimate of drug-likeness (QED) is 0.844. The summed E-state index contributed by atoms with van der Waals surface area (Å²) in [5, 5.41) is 10.5. The lowest BCUT2D eigenvalue weighted by molar-refractivity contribution is -0.129. The number of rotatable bonds is 5. The van der Waals surface area contributed by atoms with E-state index in [0.29, 0.717) is 23.9 Å². The number of carbonyl (C=O) groups excluding carboxylic acids is 1. The number of hydrogen-bond acceptors (Lipinski definition) is 4. The Kier molecular flexibility index (Phi) is 6.92. The first-order chi connectivity index (χ1) is 12.5. The van der Waals surface area contributed by atoms with Crippen molar-refractivity contribution < 1.29 is 9.90 Å². The summed E-state index contributed by atoms with van der Waals surface area (Å²) < 4.78 is 0. The summed E-state index contributed by atoms with van der Waals surface area (Å²) in [6.07, 6.45) is 1.56. The van der Waals surface area contributed by atoms with Gasteiger partial charge < -0.3 is 19.8 Å². The van der Waals surface area contributed by atoms with Crippen LogP contribution >= 0.6 is 11.6 Å². The Hall–Kier alpha value is -1.14. The number of aliphatic hydroxyl groups excluding tert-OH is 1. The molecule has 6 heteroatoms. The molecule has 2 atom stereocenters. The smallest absolute Gasteiger partial charge is 0.227 e. The third kappa shape index (κ3) is 5.19. The Labute approximate surface area is 161 Å². The van der Waals surface area contributed by atoms with E-state index in [4.69, 9.17) is 11.6 Å². The molecule has 1 aromatic carbocycles. The zero-order valence-corrected chi connectivity index (χ0v) is 16.4. The van der Waals surface area contributed by atoms with E-state index >= 15 is 0 Å². The molecule has 26 heavy (non-hydrogen) atoms. The van der Waals surface area contributed by atoms with Gasteiger partial charge in [-0.15, -0.1) is 0 Å². The fourth-order valence-corrected chi connectivity index (χ4v) is 4.32. The van der Waals surface area contributed by atoms with Crippen LogP contribution in [0.5, 0.6) is 0 Å². The highest BCUT2D eigenvalue weighted by atomic mass is 35.5. The van der Waals surface area contributed by atoms with Crippen LogP contribution in [0.3, 0.4) is 0 Å². The van der Waals surface area contributed by atoms with E-state index in [1.807, 2.05) is 29.2 Å². The van der Waals surface area contributed by atoms with E-state index in [1.165, 1.54) is 6.42 Å². The molecule has 2 fully saturated rings. The van der Waals surface area contributed by atoms with Crippen LogP contribution in [0.15, 0.2) is 24.3 Å². The fourth-order valence-electron chi connectivity index (χ4n) is 4.10. The molecular formula is C20H30ClN3O2. The molecule has 0 bridgehead atoms. The Morgan fingerprint density at radius 1 is 1.19 bits per heavy atom. The van der Waals surface area contributed by atoms with Gasteiger partial charge >= 0.3 is 0 Å². The Morgan fingerprint density at radius 2 is 2.00 bits per heavy atom. The molecule has 5 nitrogen and oxygen atoms in total. The van der Waals surface area contributed by atoms with Gasteiger partial charge in [0.1, 0.15) is 0 Å². The van der Waals surface area contributed by atoms with Gasteiger partial charge in [-0.3, -0.25) is 4.79 Å². The second kappa shape index (κ2) is 9.18. The van der Waals surface area contributed by atoms with Crippen LogP contribution in [-0.4, -0.2) is 85.2 Å². The molecule has 144 valence electrons. The van der Waals surface area contributed by atoms with Gasteiger partial charge in [0, 0.05) is 50.3 Å². The predicted molar refractivity (Wildman–Crippen MR) is 104 cm³/mol. The van der Waals surface area contributed by atoms with Crippen molar-refractivity contribution in [2.75, 3.05) is 59.5 Å². The number of carbonyl (C=O) groups is 1. The summed E-state index contributed by atoms with van der Waals surface area (Å²) in [6, 6.07) is 7.49. The molecular weight excluding hydrogens is 350 g/mol. The third-order valence-corrected chi connectivity index (χ3v) is 5.95. The summed E-state index contributed by atoms with van der Waals surface area (Å²) in [5.41, 5.74) is 0.946. The molecule has 2 heterocycles. The second-order valence-corrected chi connectivity index (χ2v) is 8.20. The lowest BCUT2D eigenvalue weighted by atomic mass is 9.96. The normalized spacial score (nSPS) is 25.4. The number of hydrogen-bond donors (Lipinski definition) is 1. The molecule has 0 aliphatic carbocycles. The first-order valence-corrected chi connectivity index (χ1v) is 9.97. The maximum atomic E-state index is 12.7. The minimum atomic E-state index is 0.129. The van der Waals surface area contributed by atoms with Crippen LogP contribution in [0, 0.1) is 11.8 Å². The lowest BCUT2D eigenvalue weighted by Gasteiger charge is -2.26. The molecule has 0 spiro atoms. The molecule has 2 aliphatic rings. The third-order valence-electron chi connectivity index (χ3n) is 5.71. The topological polar surface area (TPSA) is 47.0 Å². The Morgan fingerprint density at radius 3 is 2.77 bits per heavy atom. The van der Waals surface area contributed by atoms with Crippen LogP contribution in [0.4, 0.5) is 0 Å². The van der Waals surface area contributed by atoms with E-state index in [9.17, 15) is 9.90 Å². The van der Waals surface area contributed by atoms with Gasteiger partial charge in [0.05, 0.1) is 6.42 Å². The average molecular weight is 380 g/mol. The number of likely N-dealkylation sites (N-methyl/N-ethyl adjacent to an activating group) is 1. The Balaban J connectivity index is 1.56. The summed E-state index contributed by atoms with van der Waals surface area (Å²) in [6.45, 7) is 6.95. The van der Waals surface area contributed by atoms with Gasteiger partial charge in [0.15, 0.2) is 0 Å². The lowest BCUT2D eigenvalue weighted by Crippen LogP contribution is -2.36. The molecule has 1 amide bonds. The van der Waals surface area contributed by atoms with Crippen molar-refractivity contribution >= 4 is 17.5 Å². The van der Waals surface area contributed by atoms with Crippen molar-refractivity contribution in [3.05, 3.63) is 34.9 Å². The van der Waals surface area contributed by atoms with Crippen LogP contribution < -0.4 is 0 Å². The first-order valence-electron chi connectivity index (χ1n) is 9.59. The van der Waals surface area contributed by atoms with Gasteiger partial charge in [0.25, 0.3) is 0 Å². The largest absolute Gasteiger partial charge is 0.396 e. The number of nitrogens with zero attached hydrogens (tertiary/aromatic N) is 3. The molecule has 0 unspecified atom stereocenters. The van der Waals surface area contributed by atoms with Gasteiger partial charge in [-0.25, -0.2) is 0 Å². The molecule has 0 aromatic heterocycles. The number of halogens is 1. The van der Waals surface area contributed by atoms with E-state index < -0.39 is 0 Å². The molecule has 2 saturated heterocycles. The van der Waals surface area contributed by atoms with Crippen LogP contribution in [0.25, 0.3) is 0 Å². The number of aliphatic hydroxyl groups is 1. The number of likely N-dealkylation sites (tertiary alicyclic amines) is 1. The average Bonchev–Trinajstić information content (AvgIpc) is 2.91. The summed E-state index contributed by atoms with van der Waals surface area (Å²) in [5.74, 6) is 0.662. The first kappa shape index (κ1) is 19.6. The molecule has 0 saturated carbocycles. The fraction of sp³-hybridized carbons (Fsp3) is 0.650. The van der Waals surface area contributed by atoms with Crippen LogP contribution in [-0.2, 0) is 11.2 Å². The zero-order valence-electron chi connectivity index (χ0n) is 15.6. The van der Waals surface area contributed by atoms with Gasteiger partial charge in [-0.2, -0.15) is 0 Å². The standard InChI is InChI=1S/C20H30ClN3O2/c1-22-6-3-7-23(9-8-22)12-17-13-24(14-18(17)15-25)20(26)11-16-4-2-5-19(21)10-16/h2,4-5,10,17-18,25H,3,6-9,11-15H2,1H3/t17-,18-/m1/s1. The van der Waals surface area contributed by atoms with Crippen molar-refractivity contribution in [1.82, 2.24) is 14.7 Å². The number of amides is 1. The van der Waals surface area contributed by atoms with Crippen molar-refractivity contribution in [2.24, 2.45) is 11.8 Å². The second-order valence-electron chi connectivity index (χ2n) is 7.77. The highest BCUT2D eigenvalue weighted by molar-refractivity contribution is 6.30. The van der Waals surface area contributed by atoms with E-state index in [-0.39, 0.29) is 18.4 Å². The van der Waals surface area contributed by atoms with Crippen molar-refractivity contribution in [1.29, 1.82) is 0 Å². The van der Waals surface area contributed by atoms with E-state index in [0.717, 1.165) is 44.8 Å². The van der Waals surface area contributed by atoms with Gasteiger partial charge in [-0.05, 0) is 50.2 Å². The van der Waals surface area contributed by atoms with Crippen molar-refractivity contribution in [3.8, 4) is 0 Å². The predicted octanol–water partition coefficient (Wildman–Crippen LogP) is 1.59. The summed E-state index contributed by atoms with van der Waals surface area (Å²) in [4.78, 5) is 19.5. The maximum Gasteiger partial charge on any atom is 0.227 e. The molecule has 1 aromatic rings. The van der Waals surface area contributed by atoms with Gasteiger partial charge in [0.2, 0.25) is 5.91 Å². The van der Waals surface area contributed by atoms with Gasteiger partial charge in [-0.1, -0.05) is 23.7 Å².